The predicted molar refractivity (Wildman–Crippen MR) is 173 cm³/mol. The summed E-state index contributed by atoms with van der Waals surface area (Å²) in [4.78, 5) is 23.3. The molecule has 0 bridgehead atoms. The minimum atomic E-state index is -0.987. The number of ether oxygens (including phenoxy) is 1. The Hall–Kier alpha value is -4.74. The van der Waals surface area contributed by atoms with E-state index >= 15 is 4.39 Å². The fourth-order valence-electron chi connectivity index (χ4n) is 6.51. The third-order valence-electron chi connectivity index (χ3n) is 8.98. The monoisotopic (exact) mass is 659 g/mol. The van der Waals surface area contributed by atoms with Gasteiger partial charge in [0.25, 0.3) is 6.01 Å². The molecule has 1 aliphatic heterocycles. The summed E-state index contributed by atoms with van der Waals surface area (Å²) >= 11 is 6.20. The minimum Gasteiger partial charge on any atom is -0.485 e. The highest BCUT2D eigenvalue weighted by Gasteiger charge is 2.27. The van der Waals surface area contributed by atoms with Gasteiger partial charge in [-0.2, -0.15) is 4.39 Å². The first kappa shape index (κ1) is 30.9. The number of fused-ring (bicyclic) bond motifs is 2. The van der Waals surface area contributed by atoms with Gasteiger partial charge in [0.05, 0.1) is 46.7 Å². The van der Waals surface area contributed by atoms with Crippen LogP contribution in [-0.2, 0) is 26.2 Å². The summed E-state index contributed by atoms with van der Waals surface area (Å²) in [5.74, 6) is -0.354. The third-order valence-corrected chi connectivity index (χ3v) is 9.31. The molecule has 9 nitrogen and oxygen atoms in total. The molecule has 47 heavy (non-hydrogen) atoms. The summed E-state index contributed by atoms with van der Waals surface area (Å²) < 4.78 is 44.5. The van der Waals surface area contributed by atoms with E-state index in [1.807, 2.05) is 12.3 Å². The van der Waals surface area contributed by atoms with Crippen LogP contribution in [0, 0.1) is 11.8 Å². The van der Waals surface area contributed by atoms with Crippen LogP contribution in [0.4, 0.5) is 8.78 Å². The molecule has 1 fully saturated rings. The summed E-state index contributed by atoms with van der Waals surface area (Å²) in [6.07, 6.45) is 5.17. The Morgan fingerprint density at radius 2 is 1.94 bits per heavy atom. The molecule has 0 saturated carbocycles. The number of imidazole rings is 2. The SMILES string of the molecule is CCn1cncc1Cn1c(CN2CCC(c3cccc(F)c3OCc3ccc(Cl)c4cc(F)oc34)CC2)nc2ccc(C(=O)O)cc21. The lowest BCUT2D eigenvalue weighted by Crippen LogP contribution is -2.33. The smallest absolute Gasteiger partial charge is 0.335 e. The van der Waals surface area contributed by atoms with Crippen molar-refractivity contribution < 1.29 is 27.8 Å². The highest BCUT2D eigenvalue weighted by Crippen LogP contribution is 2.38. The summed E-state index contributed by atoms with van der Waals surface area (Å²) in [5, 5.41) is 10.4. The fourth-order valence-corrected chi connectivity index (χ4v) is 6.71. The van der Waals surface area contributed by atoms with Crippen molar-refractivity contribution in [2.75, 3.05) is 13.1 Å². The number of nitrogens with zero attached hydrogens (tertiary/aromatic N) is 5. The highest BCUT2D eigenvalue weighted by atomic mass is 35.5. The quantitative estimate of drug-likeness (QED) is 0.161. The van der Waals surface area contributed by atoms with Crippen LogP contribution < -0.4 is 4.74 Å². The number of benzene rings is 3. The van der Waals surface area contributed by atoms with E-state index in [0.29, 0.717) is 29.1 Å². The van der Waals surface area contributed by atoms with Crippen LogP contribution in [0.15, 0.2) is 71.5 Å². The van der Waals surface area contributed by atoms with Gasteiger partial charge in [0.2, 0.25) is 0 Å². The van der Waals surface area contributed by atoms with Gasteiger partial charge >= 0.3 is 5.97 Å². The number of furan rings is 1. The van der Waals surface area contributed by atoms with Crippen LogP contribution in [0.2, 0.25) is 5.02 Å². The van der Waals surface area contributed by atoms with Gasteiger partial charge in [-0.05, 0) is 69.1 Å². The zero-order valence-corrected chi connectivity index (χ0v) is 26.4. The van der Waals surface area contributed by atoms with E-state index in [2.05, 4.69) is 25.9 Å². The molecule has 0 amide bonds. The van der Waals surface area contributed by atoms with Crippen molar-refractivity contribution in [1.29, 1.82) is 0 Å². The first-order chi connectivity index (χ1) is 22.8. The number of aromatic carboxylic acids is 1. The Morgan fingerprint density at radius 1 is 1.11 bits per heavy atom. The number of carboxylic acids is 1. The topological polar surface area (TPSA) is 98.5 Å². The van der Waals surface area contributed by atoms with E-state index in [1.54, 1.807) is 42.7 Å². The van der Waals surface area contributed by atoms with Gasteiger partial charge < -0.3 is 23.4 Å². The summed E-state index contributed by atoms with van der Waals surface area (Å²) in [6.45, 7) is 5.39. The molecule has 0 spiro atoms. The lowest BCUT2D eigenvalue weighted by atomic mass is 9.88. The van der Waals surface area contributed by atoms with Crippen molar-refractivity contribution in [2.24, 2.45) is 0 Å². The Morgan fingerprint density at radius 3 is 2.72 bits per heavy atom. The molecule has 12 heteroatoms. The Bertz CT molecular complexity index is 2100. The first-order valence-corrected chi connectivity index (χ1v) is 15.9. The third kappa shape index (κ3) is 6.08. The number of piperidine rings is 1. The maximum absolute atomic E-state index is 15.2. The number of carboxylic acid groups (broad SMARTS) is 1. The molecule has 0 aliphatic carbocycles. The van der Waals surface area contributed by atoms with Crippen LogP contribution in [0.5, 0.6) is 5.75 Å². The van der Waals surface area contributed by atoms with Gasteiger partial charge in [0, 0.05) is 35.3 Å². The van der Waals surface area contributed by atoms with Gasteiger partial charge in [-0.1, -0.05) is 29.8 Å². The summed E-state index contributed by atoms with van der Waals surface area (Å²) in [6, 6.07) is 13.8. The number of carbonyl (C=O) groups is 1. The van der Waals surface area contributed by atoms with Gasteiger partial charge in [0.15, 0.2) is 11.6 Å². The molecule has 3 aromatic carbocycles. The molecular formula is C35H32ClF2N5O4. The van der Waals surface area contributed by atoms with Crippen molar-refractivity contribution in [2.45, 2.75) is 51.9 Å². The molecule has 0 atom stereocenters. The van der Waals surface area contributed by atoms with Crippen molar-refractivity contribution >= 4 is 39.6 Å². The number of aromatic nitrogens is 4. The van der Waals surface area contributed by atoms with Gasteiger partial charge in [-0.25, -0.2) is 19.2 Å². The number of hydrogen-bond donors (Lipinski definition) is 1. The van der Waals surface area contributed by atoms with Crippen molar-refractivity contribution in [3.8, 4) is 5.75 Å². The molecule has 0 unspecified atom stereocenters. The van der Waals surface area contributed by atoms with E-state index in [0.717, 1.165) is 60.6 Å². The van der Waals surface area contributed by atoms with Gasteiger partial charge in [0.1, 0.15) is 18.0 Å². The molecule has 1 N–H and O–H groups in total. The Kier molecular flexibility index (Phi) is 8.42. The van der Waals surface area contributed by atoms with Crippen molar-refractivity contribution in [3.05, 3.63) is 112 Å². The lowest BCUT2D eigenvalue weighted by molar-refractivity contribution is 0.0697. The van der Waals surface area contributed by atoms with Gasteiger partial charge in [-0.3, -0.25) is 4.90 Å². The molecule has 1 aliphatic rings. The normalized spacial score (nSPS) is 14.4. The van der Waals surface area contributed by atoms with E-state index < -0.39 is 17.8 Å². The number of rotatable bonds is 10. The average Bonchev–Trinajstić information content (AvgIpc) is 3.78. The van der Waals surface area contributed by atoms with Crippen molar-refractivity contribution in [1.82, 2.24) is 24.0 Å². The molecular weight excluding hydrogens is 628 g/mol. The number of hydrogen-bond acceptors (Lipinski definition) is 6. The summed E-state index contributed by atoms with van der Waals surface area (Å²) in [5.41, 5.74) is 4.35. The van der Waals surface area contributed by atoms with Crippen LogP contribution in [0.3, 0.4) is 0 Å². The summed E-state index contributed by atoms with van der Waals surface area (Å²) in [7, 11) is 0. The maximum Gasteiger partial charge on any atom is 0.335 e. The van der Waals surface area contributed by atoms with E-state index in [-0.39, 0.29) is 29.4 Å². The number of halogens is 3. The van der Waals surface area contributed by atoms with E-state index in [9.17, 15) is 14.3 Å². The van der Waals surface area contributed by atoms with Crippen LogP contribution in [0.1, 0.15) is 58.7 Å². The number of para-hydroxylation sites is 1. The molecule has 7 rings (SSSR count). The highest BCUT2D eigenvalue weighted by molar-refractivity contribution is 6.35. The zero-order chi connectivity index (χ0) is 32.7. The largest absolute Gasteiger partial charge is 0.485 e. The predicted octanol–water partition coefficient (Wildman–Crippen LogP) is 7.64. The lowest BCUT2D eigenvalue weighted by Gasteiger charge is -2.32. The van der Waals surface area contributed by atoms with Crippen LogP contribution >= 0.6 is 11.6 Å². The second-order valence-electron chi connectivity index (χ2n) is 11.8. The minimum absolute atomic E-state index is 0.00978. The van der Waals surface area contributed by atoms with E-state index in [4.69, 9.17) is 25.7 Å². The standard InChI is InChI=1S/C35H32ClF2N5O4/c1-2-42-20-39-16-24(42)17-43-30-14-22(35(44)45)7-9-29(30)40-32(43)18-41-12-10-21(11-13-41)25-4-3-5-28(37)34(25)46-19-23-6-8-27(36)26-15-31(38)47-33(23)26/h3-9,14-16,20-21H,2,10-13,17-19H2,1H3,(H,44,45). The maximum atomic E-state index is 15.2. The Labute approximate surface area is 274 Å². The number of aryl methyl sites for hydroxylation is 1. The molecule has 4 heterocycles. The Balaban J connectivity index is 1.09. The first-order valence-electron chi connectivity index (χ1n) is 15.5. The van der Waals surface area contributed by atoms with Gasteiger partial charge in [-0.15, -0.1) is 0 Å². The van der Waals surface area contributed by atoms with Crippen LogP contribution in [0.25, 0.3) is 22.0 Å². The molecule has 242 valence electrons. The van der Waals surface area contributed by atoms with E-state index in [1.165, 1.54) is 12.1 Å². The molecule has 1 saturated heterocycles. The molecule has 3 aromatic heterocycles. The second-order valence-corrected chi connectivity index (χ2v) is 12.2. The fraction of sp³-hybridized carbons (Fsp3) is 0.286. The molecule has 6 aromatic rings. The van der Waals surface area contributed by atoms with Crippen LogP contribution in [-0.4, -0.2) is 48.2 Å². The number of likely N-dealkylation sites (tertiary alicyclic amines) is 1. The average molecular weight is 660 g/mol. The van der Waals surface area contributed by atoms with Crippen molar-refractivity contribution in [3.63, 3.8) is 0 Å². The molecule has 0 radical (unpaired) electrons. The zero-order valence-electron chi connectivity index (χ0n) is 25.6. The second kappa shape index (κ2) is 12.8.